The fourth-order valence-electron chi connectivity index (χ4n) is 7.27. The van der Waals surface area contributed by atoms with Crippen LogP contribution in [0.15, 0.2) is 28.7 Å². The monoisotopic (exact) mass is 762 g/mol. The number of carboxylic acid groups (broad SMARTS) is 1. The van der Waals surface area contributed by atoms with E-state index in [0.29, 0.717) is 40.5 Å². The number of piperidine rings is 1. The number of aliphatic carboxylic acids is 1. The molecule has 1 aliphatic carbocycles. The lowest BCUT2D eigenvalue weighted by molar-refractivity contribution is -0.218. The molecular weight excluding hydrogens is 721 g/mol. The number of nitrogen functional groups attached to an aromatic ring is 1. The van der Waals surface area contributed by atoms with Crippen molar-refractivity contribution in [2.45, 2.75) is 95.0 Å². The van der Waals surface area contributed by atoms with Gasteiger partial charge in [-0.15, -0.1) is 15.6 Å². The number of nitrogens with zero attached hydrogens (tertiary/aromatic N) is 3. The molecule has 4 heterocycles. The van der Waals surface area contributed by atoms with Gasteiger partial charge in [-0.25, -0.2) is 9.78 Å². The topological polar surface area (TPSA) is 268 Å². The molecule has 6 rings (SSSR count). The highest BCUT2D eigenvalue weighted by Crippen LogP contribution is 2.46. The van der Waals surface area contributed by atoms with Crippen LogP contribution in [0.2, 0.25) is 0 Å². The Morgan fingerprint density at radius 3 is 2.63 bits per heavy atom. The molecule has 1 spiro atoms. The number of nitrogens with one attached hydrogen (secondary N) is 4. The molecule has 20 heteroatoms. The molecule has 2 saturated heterocycles. The van der Waals surface area contributed by atoms with Crippen LogP contribution in [-0.4, -0.2) is 99.9 Å². The van der Waals surface area contributed by atoms with E-state index in [9.17, 15) is 27.9 Å². The smallest absolute Gasteiger partial charge is 0.418 e. The van der Waals surface area contributed by atoms with Gasteiger partial charge in [0.15, 0.2) is 16.9 Å². The van der Waals surface area contributed by atoms with Crippen molar-refractivity contribution in [3.63, 3.8) is 0 Å². The number of rotatable bonds is 11. The van der Waals surface area contributed by atoms with Gasteiger partial charge in [0.2, 0.25) is 0 Å². The standard InChI is InChI=1S/C32H42N8O10S2/c1-30(2)24(27(42)40(30)50-52(45,46)47)38-26(41)23(20-15-51-29(34)37-20)39-49-31(3,28(43)44)22-7-4-6-17-12-18(8-9-21(17)48-22)25(33)36-19-13-32(14-19)10-5-11-35-16-32/h8-9,12,15,19,22,24,35H,4-7,10-11,13-14,16H2,1-3H3,(H2,33,36)(H2,34,37)(H,38,41)(H,43,44)(H,45,46,47)/b39-23-/t19?,22-,24-,31+,32?/m1/s1. The third-order valence-corrected chi connectivity index (χ3v) is 11.3. The zero-order chi connectivity index (χ0) is 37.6. The highest BCUT2D eigenvalue weighted by molar-refractivity contribution is 7.80. The number of hydroxylamine groups is 2. The molecule has 8 N–H and O–H groups in total. The van der Waals surface area contributed by atoms with Crippen molar-refractivity contribution in [1.82, 2.24) is 26.0 Å². The number of hydrogen-bond donors (Lipinski definition) is 7. The van der Waals surface area contributed by atoms with E-state index >= 15 is 0 Å². The molecule has 2 aromatic rings. The van der Waals surface area contributed by atoms with Crippen molar-refractivity contribution in [3.05, 3.63) is 40.4 Å². The summed E-state index contributed by atoms with van der Waals surface area (Å²) < 4.78 is 42.0. The summed E-state index contributed by atoms with van der Waals surface area (Å²) in [6.07, 6.45) is 4.67. The molecule has 0 bridgehead atoms. The summed E-state index contributed by atoms with van der Waals surface area (Å²) in [4.78, 5) is 48.7. The van der Waals surface area contributed by atoms with Crippen LogP contribution in [0, 0.1) is 10.8 Å². The number of carbonyl (C=O) groups excluding carboxylic acids is 2. The maximum atomic E-state index is 13.5. The largest absolute Gasteiger partial charge is 0.485 e. The average Bonchev–Trinajstić information content (AvgIpc) is 3.38. The molecule has 1 aromatic carbocycles. The molecule has 3 fully saturated rings. The third kappa shape index (κ3) is 7.43. The number of aromatic nitrogens is 1. The molecule has 4 aliphatic rings. The van der Waals surface area contributed by atoms with Crippen molar-refractivity contribution in [2.75, 3.05) is 18.8 Å². The first kappa shape index (κ1) is 37.4. The fourth-order valence-corrected chi connectivity index (χ4v) is 8.28. The molecule has 2 amide bonds. The van der Waals surface area contributed by atoms with Crippen molar-refractivity contribution in [2.24, 2.45) is 10.6 Å². The van der Waals surface area contributed by atoms with Gasteiger partial charge in [-0.2, -0.15) is 13.5 Å². The maximum Gasteiger partial charge on any atom is 0.418 e. The molecule has 282 valence electrons. The summed E-state index contributed by atoms with van der Waals surface area (Å²) in [6, 6.07) is 4.24. The maximum absolute atomic E-state index is 13.5. The summed E-state index contributed by atoms with van der Waals surface area (Å²) in [5.41, 5.74) is 3.47. The predicted molar refractivity (Wildman–Crippen MR) is 187 cm³/mol. The lowest BCUT2D eigenvalue weighted by Crippen LogP contribution is -2.76. The minimum atomic E-state index is -5.03. The average molecular weight is 763 g/mol. The number of amidine groups is 1. The molecule has 1 saturated carbocycles. The Bertz CT molecular complexity index is 1900. The first-order valence-corrected chi connectivity index (χ1v) is 19.0. The predicted octanol–water partition coefficient (Wildman–Crippen LogP) is 1.36. The number of ether oxygens (including phenoxy) is 1. The van der Waals surface area contributed by atoms with Gasteiger partial charge in [0.1, 0.15) is 23.3 Å². The third-order valence-electron chi connectivity index (χ3n) is 10.3. The quantitative estimate of drug-likeness (QED) is 0.0561. The van der Waals surface area contributed by atoms with Gasteiger partial charge < -0.3 is 36.4 Å². The normalized spacial score (nSPS) is 26.8. The number of carboxylic acids is 1. The summed E-state index contributed by atoms with van der Waals surface area (Å²) in [7, 11) is -5.03. The fraction of sp³-hybridized carbons (Fsp3) is 0.562. The highest BCUT2D eigenvalue weighted by Gasteiger charge is 2.58. The summed E-state index contributed by atoms with van der Waals surface area (Å²) >= 11 is 0.972. The highest BCUT2D eigenvalue weighted by atomic mass is 32.3. The van der Waals surface area contributed by atoms with Gasteiger partial charge in [0.25, 0.3) is 17.4 Å². The van der Waals surface area contributed by atoms with Crippen molar-refractivity contribution in [1.29, 1.82) is 5.41 Å². The van der Waals surface area contributed by atoms with Crippen LogP contribution in [0.1, 0.15) is 76.1 Å². The zero-order valence-electron chi connectivity index (χ0n) is 28.8. The SMILES string of the molecule is CC1(C)[C@H](NC(=O)/C(=N\O[C@](C)(C(=O)O)[C@H]2CCCc3cc(C(=N)NC4CC5(CCCNC5)C4)ccc3O2)c2csc(N)n2)C(=O)N1OS(=O)(=O)O. The number of thiazole rings is 1. The van der Waals surface area contributed by atoms with Crippen molar-refractivity contribution in [3.8, 4) is 5.75 Å². The van der Waals surface area contributed by atoms with E-state index in [0.717, 1.165) is 42.8 Å². The summed E-state index contributed by atoms with van der Waals surface area (Å²) in [5.74, 6) is -2.68. The Balaban J connectivity index is 1.17. The number of aryl methyl sites for hydroxylation is 1. The van der Waals surface area contributed by atoms with E-state index in [1.165, 1.54) is 39.0 Å². The van der Waals surface area contributed by atoms with Crippen molar-refractivity contribution < 1.29 is 46.3 Å². The number of nitrogens with two attached hydrogens (primary N) is 1. The number of hydrogen-bond acceptors (Lipinski definition) is 14. The lowest BCUT2D eigenvalue weighted by atomic mass is 9.62. The summed E-state index contributed by atoms with van der Waals surface area (Å²) in [6.45, 7) is 6.10. The first-order valence-electron chi connectivity index (χ1n) is 16.8. The summed E-state index contributed by atoms with van der Waals surface area (Å²) in [5, 5.41) is 34.2. The van der Waals surface area contributed by atoms with Gasteiger partial charge in [-0.1, -0.05) is 5.16 Å². The number of oxime groups is 1. The first-order chi connectivity index (χ1) is 24.4. The Morgan fingerprint density at radius 2 is 2.02 bits per heavy atom. The molecule has 0 unspecified atom stereocenters. The minimum Gasteiger partial charge on any atom is -0.485 e. The number of carbonyl (C=O) groups is 3. The number of benzene rings is 1. The molecule has 52 heavy (non-hydrogen) atoms. The van der Waals surface area contributed by atoms with E-state index in [-0.39, 0.29) is 23.3 Å². The number of anilines is 1. The van der Waals surface area contributed by atoms with Crippen LogP contribution >= 0.6 is 11.3 Å². The molecule has 18 nitrogen and oxygen atoms in total. The van der Waals surface area contributed by atoms with Gasteiger partial charge in [-0.05, 0) is 101 Å². The Kier molecular flexibility index (Phi) is 9.98. The Hall–Kier alpha value is -4.37. The molecule has 3 atom stereocenters. The van der Waals surface area contributed by atoms with E-state index in [1.807, 2.05) is 6.07 Å². The number of fused-ring (bicyclic) bond motifs is 1. The molecule has 1 aromatic heterocycles. The van der Waals surface area contributed by atoms with Crippen LogP contribution in [0.4, 0.5) is 5.13 Å². The molecular formula is C32H42N8O10S2. The van der Waals surface area contributed by atoms with Crippen LogP contribution in [0.3, 0.4) is 0 Å². The van der Waals surface area contributed by atoms with Crippen LogP contribution in [-0.2, 0) is 40.3 Å². The molecule has 3 aliphatic heterocycles. The van der Waals surface area contributed by atoms with Gasteiger partial charge in [-0.3, -0.25) is 19.6 Å². The lowest BCUT2D eigenvalue weighted by Gasteiger charge is -2.50. The van der Waals surface area contributed by atoms with E-state index in [4.69, 9.17) is 25.3 Å². The second-order valence-electron chi connectivity index (χ2n) is 14.4. The van der Waals surface area contributed by atoms with E-state index in [1.54, 1.807) is 12.1 Å². The number of amides is 2. The van der Waals surface area contributed by atoms with Gasteiger partial charge in [0.05, 0.1) is 5.54 Å². The Morgan fingerprint density at radius 1 is 1.27 bits per heavy atom. The minimum absolute atomic E-state index is 0.0637. The van der Waals surface area contributed by atoms with Crippen LogP contribution < -0.4 is 26.4 Å². The van der Waals surface area contributed by atoms with Crippen LogP contribution in [0.25, 0.3) is 0 Å². The number of β-lactam (4-membered cyclic amide) rings is 1. The molecule has 0 radical (unpaired) electrons. The van der Waals surface area contributed by atoms with E-state index in [2.05, 4.69) is 30.4 Å². The second kappa shape index (κ2) is 13.9. The van der Waals surface area contributed by atoms with Gasteiger partial charge in [0, 0.05) is 23.5 Å². The van der Waals surface area contributed by atoms with Gasteiger partial charge >= 0.3 is 16.4 Å². The van der Waals surface area contributed by atoms with Crippen LogP contribution in [0.5, 0.6) is 5.75 Å². The van der Waals surface area contributed by atoms with E-state index < -0.39 is 57.2 Å². The zero-order valence-corrected chi connectivity index (χ0v) is 30.4. The van der Waals surface area contributed by atoms with Crippen molar-refractivity contribution >= 4 is 56.2 Å². The second-order valence-corrected chi connectivity index (χ2v) is 16.3. The Labute approximate surface area is 303 Å².